The predicted molar refractivity (Wildman–Crippen MR) is 97.7 cm³/mol. The Bertz CT molecular complexity index is 771. The van der Waals surface area contributed by atoms with E-state index in [9.17, 15) is 4.79 Å². The molecule has 1 atom stereocenters. The fourth-order valence-corrected chi connectivity index (χ4v) is 4.59. The Morgan fingerprint density at radius 3 is 2.83 bits per heavy atom. The van der Waals surface area contributed by atoms with E-state index >= 15 is 0 Å². The summed E-state index contributed by atoms with van der Waals surface area (Å²) in [5, 5.41) is 4.63. The average molecular weight is 325 g/mol. The summed E-state index contributed by atoms with van der Waals surface area (Å²) in [5.74, 6) is 0.780. The third kappa shape index (κ3) is 2.35. The van der Waals surface area contributed by atoms with Gasteiger partial charge in [0.2, 0.25) is 0 Å². The standard InChI is InChI=1S/C20H27N3O/c1-3-23-18-14(2)6-4-7-15(18)16-8-5-9-17(19(16)23)20(24)22-12-10-21-11-13-22/h5,8-9,14,21H,3-4,6-7,10-13H2,1-2H3. The molecule has 0 spiro atoms. The zero-order valence-electron chi connectivity index (χ0n) is 14.8. The Kier molecular flexibility index (Phi) is 4.09. The van der Waals surface area contributed by atoms with Gasteiger partial charge in [0.1, 0.15) is 0 Å². The quantitative estimate of drug-likeness (QED) is 0.921. The number of carbonyl (C=O) groups excluding carboxylic acids is 1. The lowest BCUT2D eigenvalue weighted by molar-refractivity contribution is 0.0737. The van der Waals surface area contributed by atoms with Crippen molar-refractivity contribution in [1.29, 1.82) is 0 Å². The molecule has 1 fully saturated rings. The van der Waals surface area contributed by atoms with Crippen LogP contribution in [0.3, 0.4) is 0 Å². The predicted octanol–water partition coefficient (Wildman–Crippen LogP) is 3.15. The first-order valence-corrected chi connectivity index (χ1v) is 9.36. The highest BCUT2D eigenvalue weighted by Crippen LogP contribution is 2.39. The Hall–Kier alpha value is -1.81. The SMILES string of the molecule is CCn1c2c(c3cccc(C(=O)N4CCNCC4)c31)CCCC2C. The van der Waals surface area contributed by atoms with Crippen LogP contribution in [0.5, 0.6) is 0 Å². The molecule has 128 valence electrons. The number of benzene rings is 1. The second-order valence-corrected chi connectivity index (χ2v) is 7.15. The molecule has 1 aliphatic heterocycles. The van der Waals surface area contributed by atoms with E-state index in [4.69, 9.17) is 0 Å². The summed E-state index contributed by atoms with van der Waals surface area (Å²) in [6, 6.07) is 6.30. The van der Waals surface area contributed by atoms with Gasteiger partial charge >= 0.3 is 0 Å². The van der Waals surface area contributed by atoms with Gasteiger partial charge < -0.3 is 14.8 Å². The van der Waals surface area contributed by atoms with E-state index < -0.39 is 0 Å². The molecule has 0 saturated carbocycles. The van der Waals surface area contributed by atoms with Gasteiger partial charge in [-0.15, -0.1) is 0 Å². The molecule has 1 aromatic heterocycles. The lowest BCUT2D eigenvalue weighted by Crippen LogP contribution is -2.46. The van der Waals surface area contributed by atoms with Crippen LogP contribution < -0.4 is 5.32 Å². The van der Waals surface area contributed by atoms with Crippen molar-refractivity contribution in [3.05, 3.63) is 35.0 Å². The van der Waals surface area contributed by atoms with Gasteiger partial charge in [-0.3, -0.25) is 4.79 Å². The zero-order valence-corrected chi connectivity index (χ0v) is 14.8. The highest BCUT2D eigenvalue weighted by Gasteiger charge is 2.28. The molecule has 0 radical (unpaired) electrons. The first-order valence-electron chi connectivity index (χ1n) is 9.36. The van der Waals surface area contributed by atoms with Crippen LogP contribution in [0, 0.1) is 0 Å². The molecule has 1 aromatic carbocycles. The third-order valence-corrected chi connectivity index (χ3v) is 5.71. The van der Waals surface area contributed by atoms with Crippen LogP contribution in [0.25, 0.3) is 10.9 Å². The summed E-state index contributed by atoms with van der Waals surface area (Å²) in [5.41, 5.74) is 5.01. The van der Waals surface area contributed by atoms with E-state index in [2.05, 4.69) is 35.9 Å². The maximum atomic E-state index is 13.2. The Balaban J connectivity index is 1.89. The van der Waals surface area contributed by atoms with Gasteiger partial charge in [-0.25, -0.2) is 0 Å². The van der Waals surface area contributed by atoms with Crippen LogP contribution in [-0.4, -0.2) is 41.6 Å². The van der Waals surface area contributed by atoms with Crippen LogP contribution in [0.15, 0.2) is 18.2 Å². The number of hydrogen-bond acceptors (Lipinski definition) is 2. The van der Waals surface area contributed by atoms with Crippen molar-refractivity contribution < 1.29 is 4.79 Å². The van der Waals surface area contributed by atoms with E-state index in [0.29, 0.717) is 5.92 Å². The van der Waals surface area contributed by atoms with Gasteiger partial charge in [0, 0.05) is 43.8 Å². The summed E-state index contributed by atoms with van der Waals surface area (Å²) in [4.78, 5) is 15.2. The number of fused-ring (bicyclic) bond motifs is 3. The lowest BCUT2D eigenvalue weighted by Gasteiger charge is -2.28. The average Bonchev–Trinajstić information content (AvgIpc) is 2.97. The lowest BCUT2D eigenvalue weighted by atomic mass is 9.88. The molecule has 2 aromatic rings. The second-order valence-electron chi connectivity index (χ2n) is 7.15. The van der Waals surface area contributed by atoms with Crippen molar-refractivity contribution in [2.24, 2.45) is 0 Å². The fraction of sp³-hybridized carbons (Fsp3) is 0.550. The summed E-state index contributed by atoms with van der Waals surface area (Å²) < 4.78 is 2.42. The highest BCUT2D eigenvalue weighted by molar-refractivity contribution is 6.07. The number of amides is 1. The maximum absolute atomic E-state index is 13.2. The van der Waals surface area contributed by atoms with E-state index in [1.54, 1.807) is 0 Å². The van der Waals surface area contributed by atoms with Crippen molar-refractivity contribution in [2.45, 2.75) is 45.6 Å². The number of carbonyl (C=O) groups is 1. The van der Waals surface area contributed by atoms with Crippen molar-refractivity contribution in [2.75, 3.05) is 26.2 Å². The molecule has 2 heterocycles. The van der Waals surface area contributed by atoms with Gasteiger partial charge in [-0.05, 0) is 43.7 Å². The normalized spacial score (nSPS) is 21.1. The number of nitrogens with one attached hydrogen (secondary N) is 1. The molecule has 1 amide bonds. The highest BCUT2D eigenvalue weighted by atomic mass is 16.2. The fourth-order valence-electron chi connectivity index (χ4n) is 4.59. The summed E-state index contributed by atoms with van der Waals surface area (Å²) in [7, 11) is 0. The largest absolute Gasteiger partial charge is 0.344 e. The smallest absolute Gasteiger partial charge is 0.256 e. The van der Waals surface area contributed by atoms with Crippen LogP contribution in [0.1, 0.15) is 54.2 Å². The number of nitrogens with zero attached hydrogens (tertiary/aromatic N) is 2. The van der Waals surface area contributed by atoms with Crippen LogP contribution in [0.4, 0.5) is 0 Å². The molecule has 4 nitrogen and oxygen atoms in total. The maximum Gasteiger partial charge on any atom is 0.256 e. The monoisotopic (exact) mass is 325 g/mol. The minimum atomic E-state index is 0.194. The number of hydrogen-bond donors (Lipinski definition) is 1. The van der Waals surface area contributed by atoms with Crippen molar-refractivity contribution >= 4 is 16.8 Å². The van der Waals surface area contributed by atoms with Gasteiger partial charge in [0.25, 0.3) is 5.91 Å². The van der Waals surface area contributed by atoms with Crippen LogP contribution >= 0.6 is 0 Å². The minimum Gasteiger partial charge on any atom is -0.344 e. The second kappa shape index (κ2) is 6.25. The molecule has 0 bridgehead atoms. The van der Waals surface area contributed by atoms with E-state index in [1.165, 1.54) is 35.0 Å². The zero-order chi connectivity index (χ0) is 16.7. The summed E-state index contributed by atoms with van der Waals surface area (Å²) in [6.45, 7) is 8.86. The van der Waals surface area contributed by atoms with Gasteiger partial charge in [0.15, 0.2) is 0 Å². The molecule has 1 unspecified atom stereocenters. The number of rotatable bonds is 2. The first kappa shape index (κ1) is 15.7. The van der Waals surface area contributed by atoms with E-state index in [0.717, 1.165) is 44.7 Å². The van der Waals surface area contributed by atoms with Gasteiger partial charge in [0.05, 0.1) is 11.1 Å². The van der Waals surface area contributed by atoms with E-state index in [-0.39, 0.29) is 5.91 Å². The number of aromatic nitrogens is 1. The number of para-hydroxylation sites is 1. The van der Waals surface area contributed by atoms with Crippen molar-refractivity contribution in [1.82, 2.24) is 14.8 Å². The van der Waals surface area contributed by atoms with Crippen molar-refractivity contribution in [3.63, 3.8) is 0 Å². The van der Waals surface area contributed by atoms with Crippen molar-refractivity contribution in [3.8, 4) is 0 Å². The number of piperazine rings is 1. The Labute approximate surface area is 143 Å². The first-order chi connectivity index (χ1) is 11.7. The molecular formula is C20H27N3O. The molecule has 1 aliphatic carbocycles. The topological polar surface area (TPSA) is 37.3 Å². The van der Waals surface area contributed by atoms with Crippen LogP contribution in [-0.2, 0) is 13.0 Å². The Morgan fingerprint density at radius 1 is 1.29 bits per heavy atom. The molecule has 24 heavy (non-hydrogen) atoms. The molecule has 4 rings (SSSR count). The Morgan fingerprint density at radius 2 is 2.08 bits per heavy atom. The van der Waals surface area contributed by atoms with Gasteiger partial charge in [-0.1, -0.05) is 19.1 Å². The number of aryl methyl sites for hydroxylation is 2. The molecular weight excluding hydrogens is 298 g/mol. The minimum absolute atomic E-state index is 0.194. The van der Waals surface area contributed by atoms with Gasteiger partial charge in [-0.2, -0.15) is 0 Å². The molecule has 1 saturated heterocycles. The molecule has 1 N–H and O–H groups in total. The van der Waals surface area contributed by atoms with E-state index in [1.807, 2.05) is 11.0 Å². The molecule has 4 heteroatoms. The third-order valence-electron chi connectivity index (χ3n) is 5.71. The summed E-state index contributed by atoms with van der Waals surface area (Å²) >= 11 is 0. The van der Waals surface area contributed by atoms with Crippen LogP contribution in [0.2, 0.25) is 0 Å². The molecule has 2 aliphatic rings. The summed E-state index contributed by atoms with van der Waals surface area (Å²) in [6.07, 6.45) is 3.66.